The quantitative estimate of drug-likeness (QED) is 0.684. The Kier molecular flexibility index (Phi) is 5.55. The van der Waals surface area contributed by atoms with Gasteiger partial charge in [0.25, 0.3) is 11.9 Å². The molecule has 7 nitrogen and oxygen atoms in total. The summed E-state index contributed by atoms with van der Waals surface area (Å²) in [4.78, 5) is 16.1. The van der Waals surface area contributed by atoms with Crippen LogP contribution in [0.4, 0.5) is 11.6 Å². The molecule has 1 amide bonds. The summed E-state index contributed by atoms with van der Waals surface area (Å²) in [7, 11) is 1.76. The molecular formula is C22H23ClN6O. The van der Waals surface area contributed by atoms with Gasteiger partial charge in [-0.1, -0.05) is 40.5 Å². The van der Waals surface area contributed by atoms with Crippen LogP contribution in [0.3, 0.4) is 0 Å². The van der Waals surface area contributed by atoms with Gasteiger partial charge in [-0.15, -0.1) is 5.10 Å². The molecule has 3 aromatic rings. The highest BCUT2D eigenvalue weighted by atomic mass is 35.5. The molecular weight excluding hydrogens is 400 g/mol. The van der Waals surface area contributed by atoms with Gasteiger partial charge >= 0.3 is 0 Å². The van der Waals surface area contributed by atoms with Crippen LogP contribution in [0.1, 0.15) is 34.8 Å². The van der Waals surface area contributed by atoms with Crippen molar-refractivity contribution in [3.63, 3.8) is 0 Å². The summed E-state index contributed by atoms with van der Waals surface area (Å²) >= 11 is 6.60. The molecule has 0 radical (unpaired) electrons. The summed E-state index contributed by atoms with van der Waals surface area (Å²) in [6, 6.07) is 13.1. The van der Waals surface area contributed by atoms with Gasteiger partial charge < -0.3 is 10.2 Å². The van der Waals surface area contributed by atoms with Gasteiger partial charge in [0, 0.05) is 18.7 Å². The van der Waals surface area contributed by atoms with E-state index in [1.54, 1.807) is 19.2 Å². The standard InChI is InChI=1S/C22H23ClN6O/c1-14-9-10-29(22-25-27-28(3)26-22)13-18(14)17-11-15(2)20(19(23)12-17)24-21(30)16-7-5-4-6-8-16/h4-8,11-12H,9-10,13H2,1-3H3,(H,24,30). The second-order valence-corrected chi connectivity index (χ2v) is 7.89. The Balaban J connectivity index is 1.60. The van der Waals surface area contributed by atoms with Gasteiger partial charge in [-0.2, -0.15) is 4.80 Å². The first kappa shape index (κ1) is 20.1. The number of hydrogen-bond donors (Lipinski definition) is 1. The van der Waals surface area contributed by atoms with E-state index in [2.05, 4.69) is 38.6 Å². The number of anilines is 2. The van der Waals surface area contributed by atoms with E-state index in [0.717, 1.165) is 24.1 Å². The molecule has 0 unspecified atom stereocenters. The van der Waals surface area contributed by atoms with Gasteiger partial charge in [-0.3, -0.25) is 4.79 Å². The maximum Gasteiger partial charge on any atom is 0.266 e. The molecule has 1 aliphatic rings. The number of rotatable bonds is 4. The molecule has 1 aliphatic heterocycles. The lowest BCUT2D eigenvalue weighted by Crippen LogP contribution is -2.31. The second kappa shape index (κ2) is 8.28. The Morgan fingerprint density at radius 3 is 2.60 bits per heavy atom. The van der Waals surface area contributed by atoms with Crippen LogP contribution < -0.4 is 10.2 Å². The van der Waals surface area contributed by atoms with Gasteiger partial charge in [0.1, 0.15) is 0 Å². The molecule has 0 saturated carbocycles. The maximum absolute atomic E-state index is 12.6. The number of aromatic nitrogens is 4. The van der Waals surface area contributed by atoms with Crippen molar-refractivity contribution >= 4 is 34.7 Å². The van der Waals surface area contributed by atoms with E-state index in [1.165, 1.54) is 15.9 Å². The maximum atomic E-state index is 12.6. The second-order valence-electron chi connectivity index (χ2n) is 7.48. The minimum atomic E-state index is -0.179. The van der Waals surface area contributed by atoms with Gasteiger partial charge in [-0.05, 0) is 66.4 Å². The van der Waals surface area contributed by atoms with Gasteiger partial charge in [0.2, 0.25) is 0 Å². The normalized spacial score (nSPS) is 14.2. The number of amides is 1. The van der Waals surface area contributed by atoms with E-state index in [-0.39, 0.29) is 5.91 Å². The molecule has 4 rings (SSSR count). The van der Waals surface area contributed by atoms with Gasteiger partial charge in [-0.25, -0.2) is 0 Å². The molecule has 0 atom stereocenters. The van der Waals surface area contributed by atoms with Crippen LogP contribution in [0.15, 0.2) is 48.0 Å². The third-order valence-electron chi connectivity index (χ3n) is 5.31. The minimum absolute atomic E-state index is 0.179. The molecule has 8 heteroatoms. The van der Waals surface area contributed by atoms with E-state index in [4.69, 9.17) is 11.6 Å². The fourth-order valence-corrected chi connectivity index (χ4v) is 3.93. The van der Waals surface area contributed by atoms with Crippen LogP contribution in [0.5, 0.6) is 0 Å². The van der Waals surface area contributed by atoms with Crippen molar-refractivity contribution in [1.82, 2.24) is 20.2 Å². The Bertz CT molecular complexity index is 1100. The van der Waals surface area contributed by atoms with Crippen LogP contribution >= 0.6 is 11.6 Å². The summed E-state index contributed by atoms with van der Waals surface area (Å²) in [6.45, 7) is 5.63. The Morgan fingerprint density at radius 2 is 1.93 bits per heavy atom. The van der Waals surface area contributed by atoms with Crippen molar-refractivity contribution in [1.29, 1.82) is 0 Å². The fourth-order valence-electron chi connectivity index (χ4n) is 3.62. The molecule has 2 heterocycles. The summed E-state index contributed by atoms with van der Waals surface area (Å²) in [5.74, 6) is 0.443. The van der Waals surface area contributed by atoms with Crippen molar-refractivity contribution < 1.29 is 4.79 Å². The molecule has 1 aromatic heterocycles. The average Bonchev–Trinajstić information content (AvgIpc) is 3.17. The van der Waals surface area contributed by atoms with Crippen molar-refractivity contribution in [3.8, 4) is 0 Å². The highest BCUT2D eigenvalue weighted by Crippen LogP contribution is 2.34. The number of benzene rings is 2. The van der Waals surface area contributed by atoms with Crippen molar-refractivity contribution in [2.45, 2.75) is 20.3 Å². The van der Waals surface area contributed by atoms with E-state index < -0.39 is 0 Å². The van der Waals surface area contributed by atoms with Crippen LogP contribution in [0, 0.1) is 6.92 Å². The van der Waals surface area contributed by atoms with Crippen molar-refractivity contribution in [3.05, 3.63) is 69.8 Å². The number of carbonyl (C=O) groups excluding carboxylic acids is 1. The lowest BCUT2D eigenvalue weighted by Gasteiger charge is -2.29. The molecule has 0 bridgehead atoms. The monoisotopic (exact) mass is 422 g/mol. The third-order valence-corrected chi connectivity index (χ3v) is 5.61. The van der Waals surface area contributed by atoms with E-state index >= 15 is 0 Å². The number of nitrogens with zero attached hydrogens (tertiary/aromatic N) is 5. The van der Waals surface area contributed by atoms with Crippen LogP contribution in [-0.2, 0) is 7.05 Å². The molecule has 30 heavy (non-hydrogen) atoms. The minimum Gasteiger partial charge on any atom is -0.334 e. The van der Waals surface area contributed by atoms with Crippen LogP contribution in [-0.4, -0.2) is 39.2 Å². The number of aryl methyl sites for hydroxylation is 2. The summed E-state index contributed by atoms with van der Waals surface area (Å²) in [5.41, 5.74) is 5.69. The van der Waals surface area contributed by atoms with Gasteiger partial charge in [0.05, 0.1) is 17.8 Å². The zero-order valence-corrected chi connectivity index (χ0v) is 17.9. The highest BCUT2D eigenvalue weighted by molar-refractivity contribution is 6.34. The lowest BCUT2D eigenvalue weighted by molar-refractivity contribution is 0.102. The summed E-state index contributed by atoms with van der Waals surface area (Å²) in [6.07, 6.45) is 0.913. The first-order valence-electron chi connectivity index (χ1n) is 9.77. The predicted octanol–water partition coefficient (Wildman–Crippen LogP) is 4.11. The number of halogens is 1. The van der Waals surface area contributed by atoms with Gasteiger partial charge in [0.15, 0.2) is 0 Å². The molecule has 154 valence electrons. The summed E-state index contributed by atoms with van der Waals surface area (Å²) < 4.78 is 0. The molecule has 1 N–H and O–H groups in total. The fraction of sp³-hybridized carbons (Fsp3) is 0.273. The number of tetrazole rings is 1. The number of hydrogen-bond acceptors (Lipinski definition) is 5. The predicted molar refractivity (Wildman–Crippen MR) is 119 cm³/mol. The molecule has 0 fully saturated rings. The molecule has 2 aromatic carbocycles. The van der Waals surface area contributed by atoms with Crippen LogP contribution in [0.2, 0.25) is 5.02 Å². The van der Waals surface area contributed by atoms with E-state index in [9.17, 15) is 4.79 Å². The smallest absolute Gasteiger partial charge is 0.266 e. The Hall–Kier alpha value is -3.19. The van der Waals surface area contributed by atoms with Crippen molar-refractivity contribution in [2.24, 2.45) is 7.05 Å². The first-order valence-corrected chi connectivity index (χ1v) is 10.1. The molecule has 0 saturated heterocycles. The summed E-state index contributed by atoms with van der Waals surface area (Å²) in [5, 5.41) is 15.9. The third kappa shape index (κ3) is 4.07. The lowest BCUT2D eigenvalue weighted by atomic mass is 9.93. The van der Waals surface area contributed by atoms with E-state index in [1.807, 2.05) is 31.2 Å². The Labute approximate surface area is 180 Å². The first-order chi connectivity index (χ1) is 14.4. The largest absolute Gasteiger partial charge is 0.334 e. The zero-order valence-electron chi connectivity index (χ0n) is 17.2. The average molecular weight is 423 g/mol. The van der Waals surface area contributed by atoms with E-state index in [0.29, 0.717) is 28.8 Å². The van der Waals surface area contributed by atoms with Crippen molar-refractivity contribution in [2.75, 3.05) is 23.3 Å². The highest BCUT2D eigenvalue weighted by Gasteiger charge is 2.22. The topological polar surface area (TPSA) is 75.9 Å². The molecule has 0 aliphatic carbocycles. The van der Waals surface area contributed by atoms with Crippen LogP contribution in [0.25, 0.3) is 5.57 Å². The Morgan fingerprint density at radius 1 is 1.17 bits per heavy atom. The zero-order chi connectivity index (χ0) is 21.3. The number of nitrogens with one attached hydrogen (secondary N) is 1. The SMILES string of the molecule is CC1=C(c2cc(C)c(NC(=O)c3ccccc3)c(Cl)c2)CN(c2nnn(C)n2)CC1. The number of carbonyl (C=O) groups is 1. The molecule has 0 spiro atoms.